The highest BCUT2D eigenvalue weighted by molar-refractivity contribution is 6.04. The van der Waals surface area contributed by atoms with Gasteiger partial charge in [-0.2, -0.15) is 0 Å². The van der Waals surface area contributed by atoms with Gasteiger partial charge < -0.3 is 21.1 Å². The summed E-state index contributed by atoms with van der Waals surface area (Å²) < 4.78 is 0. The molecule has 0 saturated heterocycles. The molecule has 0 aliphatic rings. The number of benzene rings is 3. The average Bonchev–Trinajstić information content (AvgIpc) is 2.74. The predicted octanol–water partition coefficient (Wildman–Crippen LogP) is 3.38. The van der Waals surface area contributed by atoms with Gasteiger partial charge in [0.05, 0.1) is 5.56 Å². The quantitative estimate of drug-likeness (QED) is 0.491. The highest BCUT2D eigenvalue weighted by atomic mass is 16.3. The highest BCUT2D eigenvalue weighted by Gasteiger charge is 2.16. The number of phenolic OH excluding ortho intramolecular Hbond substituents is 1. The number of carbonyl (C=O) groups excluding carboxylic acids is 3. The fourth-order valence-corrected chi connectivity index (χ4v) is 3.43. The van der Waals surface area contributed by atoms with E-state index in [0.717, 1.165) is 16.5 Å². The van der Waals surface area contributed by atoms with E-state index in [9.17, 15) is 19.5 Å². The molecular weight excluding hydrogens is 394 g/mol. The molecule has 31 heavy (non-hydrogen) atoms. The average molecular weight is 419 g/mol. The van der Waals surface area contributed by atoms with Crippen molar-refractivity contribution in [3.05, 3.63) is 70.8 Å². The molecule has 3 aromatic rings. The zero-order chi connectivity index (χ0) is 22.5. The van der Waals surface area contributed by atoms with Crippen LogP contribution in [0.2, 0.25) is 0 Å². The van der Waals surface area contributed by atoms with Crippen molar-refractivity contribution >= 4 is 34.2 Å². The van der Waals surface area contributed by atoms with Crippen molar-refractivity contribution in [3.63, 3.8) is 0 Å². The molecule has 0 atom stereocenters. The lowest BCUT2D eigenvalue weighted by molar-refractivity contribution is -0.119. The third-order valence-electron chi connectivity index (χ3n) is 4.93. The maximum absolute atomic E-state index is 12.9. The molecule has 0 aliphatic carbocycles. The Kier molecular flexibility index (Phi) is 6.55. The fraction of sp³-hybridized carbons (Fsp3) is 0.208. The van der Waals surface area contributed by atoms with E-state index in [2.05, 4.69) is 16.0 Å². The maximum Gasteiger partial charge on any atom is 0.255 e. The van der Waals surface area contributed by atoms with Gasteiger partial charge in [0.2, 0.25) is 11.8 Å². The smallest absolute Gasteiger partial charge is 0.255 e. The number of anilines is 1. The molecule has 0 radical (unpaired) electrons. The van der Waals surface area contributed by atoms with Crippen LogP contribution in [-0.4, -0.2) is 22.8 Å². The summed E-state index contributed by atoms with van der Waals surface area (Å²) in [6.07, 6.45) is 0. The zero-order valence-electron chi connectivity index (χ0n) is 17.7. The lowest BCUT2D eigenvalue weighted by Crippen LogP contribution is -2.24. The van der Waals surface area contributed by atoms with E-state index in [1.54, 1.807) is 24.3 Å². The lowest BCUT2D eigenvalue weighted by Gasteiger charge is -2.15. The molecule has 7 heteroatoms. The van der Waals surface area contributed by atoms with Crippen LogP contribution in [0.5, 0.6) is 5.75 Å². The molecule has 3 amide bonds. The van der Waals surface area contributed by atoms with Gasteiger partial charge in [0.1, 0.15) is 5.75 Å². The Bertz CT molecular complexity index is 1170. The van der Waals surface area contributed by atoms with E-state index in [1.807, 2.05) is 31.2 Å². The van der Waals surface area contributed by atoms with E-state index in [4.69, 9.17) is 0 Å². The lowest BCUT2D eigenvalue weighted by atomic mass is 10.00. The molecule has 4 N–H and O–H groups in total. The first-order valence-electron chi connectivity index (χ1n) is 9.89. The summed E-state index contributed by atoms with van der Waals surface area (Å²) >= 11 is 0. The summed E-state index contributed by atoms with van der Waals surface area (Å²) in [5.41, 5.74) is 3.15. The summed E-state index contributed by atoms with van der Waals surface area (Å²) in [5.74, 6) is -0.875. The molecule has 160 valence electrons. The summed E-state index contributed by atoms with van der Waals surface area (Å²) in [7, 11) is 0. The molecule has 0 aliphatic heterocycles. The Hall–Kier alpha value is -3.87. The second kappa shape index (κ2) is 9.30. The topological polar surface area (TPSA) is 108 Å². The second-order valence-corrected chi connectivity index (χ2v) is 7.40. The SMILES string of the molecule is CC(=O)NCc1ccc(NC(C)=O)c(CNC(=O)c2cc(C)c3ccccc3c2O)c1. The number of phenols is 1. The zero-order valence-corrected chi connectivity index (χ0v) is 17.7. The van der Waals surface area contributed by atoms with Gasteiger partial charge in [-0.3, -0.25) is 14.4 Å². The van der Waals surface area contributed by atoms with Gasteiger partial charge in [0.25, 0.3) is 5.91 Å². The van der Waals surface area contributed by atoms with Crippen molar-refractivity contribution in [2.24, 2.45) is 0 Å². The molecular formula is C24H25N3O4. The highest BCUT2D eigenvalue weighted by Crippen LogP contribution is 2.31. The molecule has 0 saturated carbocycles. The first-order valence-corrected chi connectivity index (χ1v) is 9.89. The van der Waals surface area contributed by atoms with Crippen LogP contribution in [0.3, 0.4) is 0 Å². The normalized spacial score (nSPS) is 10.5. The van der Waals surface area contributed by atoms with E-state index in [-0.39, 0.29) is 29.7 Å². The van der Waals surface area contributed by atoms with E-state index >= 15 is 0 Å². The van der Waals surface area contributed by atoms with Crippen LogP contribution in [0.25, 0.3) is 10.8 Å². The van der Waals surface area contributed by atoms with Crippen LogP contribution < -0.4 is 16.0 Å². The molecule has 0 fully saturated rings. The molecule has 0 unspecified atom stereocenters. The number of hydrogen-bond acceptors (Lipinski definition) is 4. The number of amides is 3. The molecule has 0 spiro atoms. The van der Waals surface area contributed by atoms with Crippen LogP contribution in [-0.2, 0) is 22.7 Å². The number of aryl methyl sites for hydroxylation is 1. The Balaban J connectivity index is 1.85. The first-order chi connectivity index (χ1) is 14.8. The van der Waals surface area contributed by atoms with Crippen molar-refractivity contribution in [2.75, 3.05) is 5.32 Å². The Morgan fingerprint density at radius 2 is 1.58 bits per heavy atom. The van der Waals surface area contributed by atoms with Crippen LogP contribution in [0, 0.1) is 6.92 Å². The van der Waals surface area contributed by atoms with Crippen LogP contribution in [0.1, 0.15) is 40.9 Å². The van der Waals surface area contributed by atoms with Crippen LogP contribution >= 0.6 is 0 Å². The number of nitrogens with one attached hydrogen (secondary N) is 3. The van der Waals surface area contributed by atoms with Gasteiger partial charge >= 0.3 is 0 Å². The number of carbonyl (C=O) groups is 3. The van der Waals surface area contributed by atoms with Gasteiger partial charge in [-0.05, 0) is 41.1 Å². The summed E-state index contributed by atoms with van der Waals surface area (Å²) in [6.45, 7) is 5.20. The number of rotatable bonds is 6. The minimum absolute atomic E-state index is 0.0693. The Morgan fingerprint density at radius 1 is 0.871 bits per heavy atom. The standard InChI is InChI=1S/C24H25N3O4/c1-14-10-21(23(30)20-7-5-4-6-19(14)20)24(31)26-13-18-11-17(12-25-15(2)28)8-9-22(18)27-16(3)29/h4-11,30H,12-13H2,1-3H3,(H,25,28)(H,26,31)(H,27,29). The second-order valence-electron chi connectivity index (χ2n) is 7.40. The monoisotopic (exact) mass is 419 g/mol. The van der Waals surface area contributed by atoms with E-state index in [0.29, 0.717) is 23.2 Å². The van der Waals surface area contributed by atoms with Crippen molar-refractivity contribution in [2.45, 2.75) is 33.9 Å². The van der Waals surface area contributed by atoms with E-state index < -0.39 is 5.91 Å². The maximum atomic E-state index is 12.9. The van der Waals surface area contributed by atoms with Gasteiger partial charge in [-0.1, -0.05) is 36.4 Å². The van der Waals surface area contributed by atoms with Gasteiger partial charge in [0.15, 0.2) is 0 Å². The molecule has 0 aromatic heterocycles. The van der Waals surface area contributed by atoms with Gasteiger partial charge in [0, 0.05) is 38.0 Å². The van der Waals surface area contributed by atoms with Crippen LogP contribution in [0.4, 0.5) is 5.69 Å². The summed E-state index contributed by atoms with van der Waals surface area (Å²) in [6, 6.07) is 14.4. The van der Waals surface area contributed by atoms with Crippen molar-refractivity contribution in [1.82, 2.24) is 10.6 Å². The molecule has 7 nitrogen and oxygen atoms in total. The third-order valence-corrected chi connectivity index (χ3v) is 4.93. The van der Waals surface area contributed by atoms with Crippen molar-refractivity contribution in [1.29, 1.82) is 0 Å². The van der Waals surface area contributed by atoms with Gasteiger partial charge in [-0.15, -0.1) is 0 Å². The van der Waals surface area contributed by atoms with Crippen LogP contribution in [0.15, 0.2) is 48.5 Å². The fourth-order valence-electron chi connectivity index (χ4n) is 3.43. The minimum Gasteiger partial charge on any atom is -0.506 e. The predicted molar refractivity (Wildman–Crippen MR) is 120 cm³/mol. The van der Waals surface area contributed by atoms with Crippen molar-refractivity contribution in [3.8, 4) is 5.75 Å². The first kappa shape index (κ1) is 21.8. The Labute approximate surface area is 180 Å². The molecule has 0 bridgehead atoms. The largest absolute Gasteiger partial charge is 0.506 e. The molecule has 3 rings (SSSR count). The third kappa shape index (κ3) is 5.19. The summed E-state index contributed by atoms with van der Waals surface area (Å²) in [5, 5.41) is 20.4. The number of aromatic hydroxyl groups is 1. The van der Waals surface area contributed by atoms with Crippen molar-refractivity contribution < 1.29 is 19.5 Å². The van der Waals surface area contributed by atoms with E-state index in [1.165, 1.54) is 13.8 Å². The number of hydrogen-bond donors (Lipinski definition) is 4. The minimum atomic E-state index is -0.424. The molecule has 3 aromatic carbocycles. The van der Waals surface area contributed by atoms with Gasteiger partial charge in [-0.25, -0.2) is 0 Å². The number of fused-ring (bicyclic) bond motifs is 1. The molecule has 0 heterocycles. The Morgan fingerprint density at radius 3 is 2.26 bits per heavy atom. The summed E-state index contributed by atoms with van der Waals surface area (Å²) in [4.78, 5) is 35.6.